The van der Waals surface area contributed by atoms with E-state index in [1.807, 2.05) is 37.3 Å². The maximum atomic E-state index is 12.5. The second kappa shape index (κ2) is 10.6. The number of hydrogen-bond donors (Lipinski definition) is 2. The Kier molecular flexibility index (Phi) is 7.12. The zero-order valence-electron chi connectivity index (χ0n) is 18.7. The molecule has 0 aliphatic carbocycles. The Labute approximate surface area is 196 Å². The van der Waals surface area contributed by atoms with Gasteiger partial charge in [-0.25, -0.2) is 0 Å². The quantitative estimate of drug-likeness (QED) is 0.497. The second-order valence-corrected chi connectivity index (χ2v) is 7.64. The Morgan fingerprint density at radius 2 is 1.71 bits per heavy atom. The third-order valence-corrected chi connectivity index (χ3v) is 5.26. The fourth-order valence-electron chi connectivity index (χ4n) is 3.55. The van der Waals surface area contributed by atoms with Crippen molar-refractivity contribution in [1.29, 1.82) is 0 Å². The number of hydrazine groups is 1. The van der Waals surface area contributed by atoms with Crippen LogP contribution in [0, 0.1) is 5.92 Å². The van der Waals surface area contributed by atoms with Crippen molar-refractivity contribution in [3.8, 4) is 11.5 Å². The average Bonchev–Trinajstić information content (AvgIpc) is 3.49. The maximum absolute atomic E-state index is 12.5. The lowest BCUT2D eigenvalue weighted by atomic mass is 10.1. The molecule has 1 aliphatic heterocycles. The molecule has 3 aromatic rings. The molecule has 3 amide bonds. The molecule has 34 heavy (non-hydrogen) atoms. The van der Waals surface area contributed by atoms with Gasteiger partial charge in [0.05, 0.1) is 12.5 Å². The van der Waals surface area contributed by atoms with Gasteiger partial charge in [-0.1, -0.05) is 18.2 Å². The van der Waals surface area contributed by atoms with Gasteiger partial charge in [0.15, 0.2) is 5.76 Å². The van der Waals surface area contributed by atoms with E-state index >= 15 is 0 Å². The van der Waals surface area contributed by atoms with Gasteiger partial charge in [-0.3, -0.25) is 25.2 Å². The summed E-state index contributed by atoms with van der Waals surface area (Å²) in [6.45, 7) is 2.83. The number of hydrogen-bond acceptors (Lipinski definition) is 6. The minimum absolute atomic E-state index is 0.0328. The summed E-state index contributed by atoms with van der Waals surface area (Å²) in [5.74, 6) is 0.0835. The first-order valence-electron chi connectivity index (χ1n) is 10.9. The van der Waals surface area contributed by atoms with Crippen LogP contribution in [0.15, 0.2) is 71.1 Å². The average molecular weight is 463 g/mol. The van der Waals surface area contributed by atoms with Crippen molar-refractivity contribution in [3.05, 3.63) is 78.3 Å². The molecule has 2 N–H and O–H groups in total. The maximum Gasteiger partial charge on any atom is 0.305 e. The number of para-hydroxylation sites is 1. The van der Waals surface area contributed by atoms with E-state index in [0.717, 1.165) is 0 Å². The zero-order valence-corrected chi connectivity index (χ0v) is 18.7. The number of anilines is 1. The molecule has 1 unspecified atom stereocenters. The number of carbonyl (C=O) groups excluding carboxylic acids is 3. The lowest BCUT2D eigenvalue weighted by Gasteiger charge is -2.17. The number of amides is 3. The number of nitrogens with one attached hydrogen (secondary N) is 2. The number of furan rings is 1. The van der Waals surface area contributed by atoms with Crippen LogP contribution >= 0.6 is 0 Å². The van der Waals surface area contributed by atoms with E-state index in [-0.39, 0.29) is 31.2 Å². The molecule has 2 aromatic carbocycles. The molecule has 9 heteroatoms. The highest BCUT2D eigenvalue weighted by atomic mass is 16.5. The van der Waals surface area contributed by atoms with E-state index in [1.165, 1.54) is 6.07 Å². The van der Waals surface area contributed by atoms with Gasteiger partial charge in [-0.15, -0.1) is 0 Å². The molecular formula is C25H25N3O6. The number of benzene rings is 2. The first-order chi connectivity index (χ1) is 16.5. The van der Waals surface area contributed by atoms with E-state index in [4.69, 9.17) is 13.9 Å². The fourth-order valence-corrected chi connectivity index (χ4v) is 3.55. The fraction of sp³-hybridized carbons (Fsp3) is 0.240. The summed E-state index contributed by atoms with van der Waals surface area (Å²) in [5, 5.41) is 0. The van der Waals surface area contributed by atoms with Gasteiger partial charge in [-0.05, 0) is 55.5 Å². The molecule has 0 saturated carbocycles. The molecule has 1 aromatic heterocycles. The highest BCUT2D eigenvalue weighted by molar-refractivity contribution is 6.01. The predicted molar refractivity (Wildman–Crippen MR) is 123 cm³/mol. The summed E-state index contributed by atoms with van der Waals surface area (Å²) in [4.78, 5) is 38.8. The summed E-state index contributed by atoms with van der Waals surface area (Å²) in [5.41, 5.74) is 5.40. The Morgan fingerprint density at radius 3 is 2.44 bits per heavy atom. The Hall–Kier alpha value is -4.27. The van der Waals surface area contributed by atoms with Crippen molar-refractivity contribution in [2.24, 2.45) is 5.92 Å². The van der Waals surface area contributed by atoms with Crippen LogP contribution in [0.25, 0.3) is 0 Å². The lowest BCUT2D eigenvalue weighted by molar-refractivity contribution is -0.126. The summed E-state index contributed by atoms with van der Waals surface area (Å²) >= 11 is 0. The van der Waals surface area contributed by atoms with Crippen molar-refractivity contribution in [2.75, 3.05) is 18.1 Å². The van der Waals surface area contributed by atoms with Crippen molar-refractivity contribution in [3.63, 3.8) is 0 Å². The van der Waals surface area contributed by atoms with Crippen LogP contribution in [0.5, 0.6) is 11.5 Å². The number of carbonyl (C=O) groups is 3. The van der Waals surface area contributed by atoms with Gasteiger partial charge >= 0.3 is 5.91 Å². The monoisotopic (exact) mass is 463 g/mol. The second-order valence-electron chi connectivity index (χ2n) is 7.64. The molecule has 2 heterocycles. The Balaban J connectivity index is 1.26. The Bertz CT molecular complexity index is 1140. The van der Waals surface area contributed by atoms with Gasteiger partial charge in [0, 0.05) is 18.7 Å². The third kappa shape index (κ3) is 5.55. The molecule has 1 aliphatic rings. The van der Waals surface area contributed by atoms with Gasteiger partial charge in [-0.2, -0.15) is 0 Å². The molecule has 4 rings (SSSR count). The highest BCUT2D eigenvalue weighted by Gasteiger charge is 2.35. The predicted octanol–water partition coefficient (Wildman–Crippen LogP) is 3.07. The molecule has 1 fully saturated rings. The van der Waals surface area contributed by atoms with Crippen molar-refractivity contribution in [2.45, 2.75) is 20.0 Å². The summed E-state index contributed by atoms with van der Waals surface area (Å²) in [6, 6.07) is 19.5. The van der Waals surface area contributed by atoms with Crippen molar-refractivity contribution >= 4 is 23.4 Å². The molecule has 9 nitrogen and oxygen atoms in total. The van der Waals surface area contributed by atoms with Crippen LogP contribution in [-0.2, 0) is 16.2 Å². The number of ether oxygens (including phenoxy) is 2. The molecule has 0 spiro atoms. The van der Waals surface area contributed by atoms with E-state index in [2.05, 4.69) is 10.9 Å². The largest absolute Gasteiger partial charge is 0.494 e. The molecule has 1 atom stereocenters. The standard InChI is InChI=1S/C25H25N3O6/c1-2-32-20-10-8-18(9-11-20)28-15-17(14-23(28)29)24(30)26-27-25(31)22-13-12-21(34-22)16-33-19-6-4-3-5-7-19/h3-13,17H,2,14-16H2,1H3,(H,26,30)(H,27,31). The van der Waals surface area contributed by atoms with Crippen molar-refractivity contribution in [1.82, 2.24) is 10.9 Å². The van der Waals surface area contributed by atoms with E-state index < -0.39 is 17.7 Å². The minimum Gasteiger partial charge on any atom is -0.494 e. The summed E-state index contributed by atoms with van der Waals surface area (Å²) in [7, 11) is 0. The first kappa shape index (κ1) is 22.9. The van der Waals surface area contributed by atoms with Crippen LogP contribution in [0.3, 0.4) is 0 Å². The highest BCUT2D eigenvalue weighted by Crippen LogP contribution is 2.27. The number of rotatable bonds is 8. The molecule has 0 radical (unpaired) electrons. The topological polar surface area (TPSA) is 110 Å². The smallest absolute Gasteiger partial charge is 0.305 e. The van der Waals surface area contributed by atoms with Crippen LogP contribution in [0.1, 0.15) is 29.7 Å². The zero-order chi connectivity index (χ0) is 23.9. The first-order valence-corrected chi connectivity index (χ1v) is 10.9. The molecule has 1 saturated heterocycles. The summed E-state index contributed by atoms with van der Waals surface area (Å²) in [6.07, 6.45) is 0.0522. The molecule has 176 valence electrons. The third-order valence-electron chi connectivity index (χ3n) is 5.26. The van der Waals surface area contributed by atoms with E-state index in [9.17, 15) is 14.4 Å². The van der Waals surface area contributed by atoms with Gasteiger partial charge in [0.25, 0.3) is 0 Å². The van der Waals surface area contributed by atoms with Gasteiger partial charge in [0.1, 0.15) is 23.9 Å². The van der Waals surface area contributed by atoms with Crippen LogP contribution < -0.4 is 25.2 Å². The minimum atomic E-state index is -0.605. The van der Waals surface area contributed by atoms with Gasteiger partial charge in [0.2, 0.25) is 11.8 Å². The summed E-state index contributed by atoms with van der Waals surface area (Å²) < 4.78 is 16.5. The van der Waals surface area contributed by atoms with Crippen molar-refractivity contribution < 1.29 is 28.3 Å². The lowest BCUT2D eigenvalue weighted by Crippen LogP contribution is -2.45. The normalized spacial score (nSPS) is 15.1. The number of nitrogens with zero attached hydrogens (tertiary/aromatic N) is 1. The van der Waals surface area contributed by atoms with E-state index in [0.29, 0.717) is 29.6 Å². The SMILES string of the molecule is CCOc1ccc(N2CC(C(=O)NNC(=O)c3ccc(COc4ccccc4)o3)CC2=O)cc1. The van der Waals surface area contributed by atoms with Crippen LogP contribution in [0.4, 0.5) is 5.69 Å². The van der Waals surface area contributed by atoms with Crippen LogP contribution in [-0.4, -0.2) is 30.9 Å². The van der Waals surface area contributed by atoms with E-state index in [1.54, 1.807) is 35.2 Å². The van der Waals surface area contributed by atoms with Crippen LogP contribution in [0.2, 0.25) is 0 Å². The Morgan fingerprint density at radius 1 is 0.971 bits per heavy atom. The molecule has 0 bridgehead atoms. The molecular weight excluding hydrogens is 438 g/mol. The van der Waals surface area contributed by atoms with Gasteiger partial charge < -0.3 is 18.8 Å².